The van der Waals surface area contributed by atoms with Gasteiger partial charge in [0, 0.05) is 30.4 Å². The van der Waals surface area contributed by atoms with Crippen molar-refractivity contribution in [3.05, 3.63) is 54.2 Å². The monoisotopic (exact) mass is 381 g/mol. The van der Waals surface area contributed by atoms with Crippen LogP contribution in [0, 0.1) is 0 Å². The molecule has 0 aliphatic carbocycles. The third-order valence-corrected chi connectivity index (χ3v) is 4.07. The van der Waals surface area contributed by atoms with Gasteiger partial charge in [0.2, 0.25) is 0 Å². The number of anilines is 1. The average molecular weight is 381 g/mol. The molecule has 0 unspecified atom stereocenters. The molecule has 0 fully saturated rings. The molecule has 3 rings (SSSR count). The highest BCUT2D eigenvalue weighted by molar-refractivity contribution is 5.95. The second-order valence-corrected chi connectivity index (χ2v) is 6.02. The molecule has 0 radical (unpaired) electrons. The summed E-state index contributed by atoms with van der Waals surface area (Å²) in [6, 6.07) is 13.0. The highest BCUT2D eigenvalue weighted by Gasteiger charge is 2.16. The summed E-state index contributed by atoms with van der Waals surface area (Å²) in [5, 5.41) is 5.85. The van der Waals surface area contributed by atoms with Crippen LogP contribution in [0.15, 0.2) is 48.7 Å². The molecule has 0 bridgehead atoms. The fraction of sp³-hybridized carbons (Fsp3) is 0.250. The van der Waals surface area contributed by atoms with E-state index in [2.05, 4.69) is 15.6 Å². The van der Waals surface area contributed by atoms with Crippen LogP contribution in [0.25, 0.3) is 16.9 Å². The van der Waals surface area contributed by atoms with Gasteiger partial charge in [-0.2, -0.15) is 0 Å². The Morgan fingerprint density at radius 3 is 2.71 bits per heavy atom. The number of esters is 1. The minimum absolute atomic E-state index is 0.0141. The van der Waals surface area contributed by atoms with E-state index in [4.69, 9.17) is 10.5 Å². The average Bonchev–Trinajstić information content (AvgIpc) is 3.09. The van der Waals surface area contributed by atoms with Gasteiger partial charge in [-0.15, -0.1) is 0 Å². The van der Waals surface area contributed by atoms with E-state index in [1.165, 1.54) is 0 Å². The first-order valence-corrected chi connectivity index (χ1v) is 9.09. The van der Waals surface area contributed by atoms with Crippen molar-refractivity contribution in [1.82, 2.24) is 14.7 Å². The molecule has 8 nitrogen and oxygen atoms in total. The van der Waals surface area contributed by atoms with Gasteiger partial charge in [-0.3, -0.25) is 14.0 Å². The second-order valence-electron chi connectivity index (χ2n) is 6.02. The summed E-state index contributed by atoms with van der Waals surface area (Å²) in [6.45, 7) is 2.87. The predicted octanol–water partition coefficient (Wildman–Crippen LogP) is 1.66. The Bertz CT molecular complexity index is 969. The molecule has 0 aliphatic heterocycles. The molecule has 28 heavy (non-hydrogen) atoms. The van der Waals surface area contributed by atoms with Crippen molar-refractivity contribution in [1.29, 1.82) is 0 Å². The van der Waals surface area contributed by atoms with Gasteiger partial charge in [0.15, 0.2) is 0 Å². The number of carbonyl (C=O) groups is 2. The molecule has 2 aromatic heterocycles. The van der Waals surface area contributed by atoms with E-state index in [9.17, 15) is 9.59 Å². The zero-order chi connectivity index (χ0) is 19.9. The van der Waals surface area contributed by atoms with Crippen molar-refractivity contribution in [2.75, 3.05) is 31.6 Å². The van der Waals surface area contributed by atoms with Gasteiger partial charge in [0.05, 0.1) is 6.61 Å². The maximum atomic E-state index is 12.2. The van der Waals surface area contributed by atoms with Crippen LogP contribution in [-0.2, 0) is 9.53 Å². The van der Waals surface area contributed by atoms with Crippen LogP contribution >= 0.6 is 0 Å². The molecule has 1 aromatic carbocycles. The van der Waals surface area contributed by atoms with Crippen molar-refractivity contribution in [2.24, 2.45) is 5.73 Å². The minimum Gasteiger partial charge on any atom is -0.465 e. The fourth-order valence-electron chi connectivity index (χ4n) is 2.81. The summed E-state index contributed by atoms with van der Waals surface area (Å²) in [7, 11) is 0. The number of hydrogen-bond donors (Lipinski definition) is 3. The second kappa shape index (κ2) is 9.01. The molecule has 8 heteroatoms. The standard InChI is InChI=1S/C20H23N5O3/c1-2-28-17(26)13-23-19-18(14-6-4-3-5-7-14)24-16-12-15(8-11-25(16)19)20(27)22-10-9-21/h3-8,11-12,23H,2,9-10,13,21H2,1H3,(H,22,27). The third kappa shape index (κ3) is 4.29. The number of amides is 1. The smallest absolute Gasteiger partial charge is 0.325 e. The first-order valence-electron chi connectivity index (χ1n) is 9.09. The number of ether oxygens (including phenoxy) is 1. The van der Waals surface area contributed by atoms with Crippen molar-refractivity contribution >= 4 is 23.3 Å². The van der Waals surface area contributed by atoms with Crippen LogP contribution in [-0.4, -0.2) is 47.5 Å². The van der Waals surface area contributed by atoms with Gasteiger partial charge in [0.1, 0.15) is 23.7 Å². The van der Waals surface area contributed by atoms with E-state index in [1.807, 2.05) is 30.3 Å². The number of fused-ring (bicyclic) bond motifs is 1. The van der Waals surface area contributed by atoms with Gasteiger partial charge in [-0.25, -0.2) is 4.98 Å². The van der Waals surface area contributed by atoms with Gasteiger partial charge in [-0.05, 0) is 19.1 Å². The minimum atomic E-state index is -0.353. The number of pyridine rings is 1. The molecule has 3 aromatic rings. The van der Waals surface area contributed by atoms with Gasteiger partial charge in [-0.1, -0.05) is 30.3 Å². The number of nitrogens with one attached hydrogen (secondary N) is 2. The maximum Gasteiger partial charge on any atom is 0.325 e. The lowest BCUT2D eigenvalue weighted by atomic mass is 10.1. The summed E-state index contributed by atoms with van der Waals surface area (Å²) < 4.78 is 6.80. The zero-order valence-corrected chi connectivity index (χ0v) is 15.6. The van der Waals surface area contributed by atoms with Crippen LogP contribution in [0.1, 0.15) is 17.3 Å². The van der Waals surface area contributed by atoms with E-state index >= 15 is 0 Å². The van der Waals surface area contributed by atoms with Crippen molar-refractivity contribution in [3.8, 4) is 11.3 Å². The number of carbonyl (C=O) groups excluding carboxylic acids is 2. The molecule has 1 amide bonds. The molecular formula is C20H23N5O3. The van der Waals surface area contributed by atoms with E-state index in [0.29, 0.717) is 42.4 Å². The van der Waals surface area contributed by atoms with Crippen LogP contribution in [0.2, 0.25) is 0 Å². The number of imidazole rings is 1. The highest BCUT2D eigenvalue weighted by Crippen LogP contribution is 2.29. The third-order valence-electron chi connectivity index (χ3n) is 4.07. The first-order chi connectivity index (χ1) is 13.6. The van der Waals surface area contributed by atoms with Crippen molar-refractivity contribution in [3.63, 3.8) is 0 Å². The predicted molar refractivity (Wildman–Crippen MR) is 107 cm³/mol. The van der Waals surface area contributed by atoms with E-state index in [-0.39, 0.29) is 18.4 Å². The lowest BCUT2D eigenvalue weighted by molar-refractivity contribution is -0.140. The topological polar surface area (TPSA) is 111 Å². The van der Waals surface area contributed by atoms with Gasteiger partial charge >= 0.3 is 5.97 Å². The molecule has 4 N–H and O–H groups in total. The zero-order valence-electron chi connectivity index (χ0n) is 15.6. The van der Waals surface area contributed by atoms with Crippen LogP contribution in [0.5, 0.6) is 0 Å². The Labute approximate surface area is 162 Å². The lowest BCUT2D eigenvalue weighted by Crippen LogP contribution is -2.29. The summed E-state index contributed by atoms with van der Waals surface area (Å²) in [4.78, 5) is 28.7. The summed E-state index contributed by atoms with van der Waals surface area (Å²) in [6.07, 6.45) is 1.75. The number of nitrogens with zero attached hydrogens (tertiary/aromatic N) is 2. The van der Waals surface area contributed by atoms with Crippen molar-refractivity contribution in [2.45, 2.75) is 6.92 Å². The Morgan fingerprint density at radius 2 is 2.00 bits per heavy atom. The maximum absolute atomic E-state index is 12.2. The normalized spacial score (nSPS) is 10.6. The molecule has 146 valence electrons. The fourth-order valence-corrected chi connectivity index (χ4v) is 2.81. The molecule has 2 heterocycles. The number of hydrogen-bond acceptors (Lipinski definition) is 6. The van der Waals surface area contributed by atoms with Crippen molar-refractivity contribution < 1.29 is 14.3 Å². The molecule has 0 saturated carbocycles. The SMILES string of the molecule is CCOC(=O)CNc1c(-c2ccccc2)nc2cc(C(=O)NCCN)ccn12. The quantitative estimate of drug-likeness (QED) is 0.512. The Hall–Kier alpha value is -3.39. The molecule has 0 atom stereocenters. The number of nitrogens with two attached hydrogens (primary N) is 1. The highest BCUT2D eigenvalue weighted by atomic mass is 16.5. The first kappa shape index (κ1) is 19.4. The molecule has 0 spiro atoms. The number of aromatic nitrogens is 2. The van der Waals surface area contributed by atoms with Gasteiger partial charge < -0.3 is 21.1 Å². The Balaban J connectivity index is 1.99. The molecule has 0 aliphatic rings. The largest absolute Gasteiger partial charge is 0.465 e. The number of rotatable bonds is 8. The van der Waals surface area contributed by atoms with E-state index in [1.54, 1.807) is 29.7 Å². The molecule has 0 saturated heterocycles. The summed E-state index contributed by atoms with van der Waals surface area (Å²) in [5.74, 6) is 0.0932. The summed E-state index contributed by atoms with van der Waals surface area (Å²) >= 11 is 0. The van der Waals surface area contributed by atoms with E-state index in [0.717, 1.165) is 5.56 Å². The van der Waals surface area contributed by atoms with Crippen LogP contribution in [0.3, 0.4) is 0 Å². The molecular weight excluding hydrogens is 358 g/mol. The Morgan fingerprint density at radius 1 is 1.21 bits per heavy atom. The van der Waals surface area contributed by atoms with E-state index < -0.39 is 0 Å². The Kier molecular flexibility index (Phi) is 6.23. The van der Waals surface area contributed by atoms with Crippen LogP contribution < -0.4 is 16.4 Å². The lowest BCUT2D eigenvalue weighted by Gasteiger charge is -2.09. The van der Waals surface area contributed by atoms with Crippen LogP contribution in [0.4, 0.5) is 5.82 Å². The number of benzene rings is 1. The van der Waals surface area contributed by atoms with Gasteiger partial charge in [0.25, 0.3) is 5.91 Å². The summed E-state index contributed by atoms with van der Waals surface area (Å²) in [5.41, 5.74) is 8.09.